The molecule has 2 rings (SSSR count). The molecule has 5 heteroatoms. The number of rotatable bonds is 3. The number of amides is 1. The van der Waals surface area contributed by atoms with Crippen LogP contribution in [-0.2, 0) is 11.3 Å². The number of benzene rings is 1. The maximum atomic E-state index is 11.7. The molecule has 0 bridgehead atoms. The molecule has 1 heterocycles. The molecular weight excluding hydrogens is 228 g/mol. The highest BCUT2D eigenvalue weighted by Gasteiger charge is 2.24. The fourth-order valence-corrected chi connectivity index (χ4v) is 1.87. The van der Waals surface area contributed by atoms with Gasteiger partial charge in [0.05, 0.1) is 5.69 Å². The molecule has 0 fully saturated rings. The normalized spacial score (nSPS) is 14.6. The van der Waals surface area contributed by atoms with E-state index in [-0.39, 0.29) is 12.5 Å². The van der Waals surface area contributed by atoms with Crippen molar-refractivity contribution in [1.29, 1.82) is 0 Å². The van der Waals surface area contributed by atoms with Crippen LogP contribution in [-0.4, -0.2) is 24.9 Å². The molecule has 0 unspecified atom stereocenters. The number of hydrogen-bond acceptors (Lipinski definition) is 3. The van der Waals surface area contributed by atoms with E-state index in [0.29, 0.717) is 24.7 Å². The van der Waals surface area contributed by atoms with E-state index in [1.54, 1.807) is 4.90 Å². The van der Waals surface area contributed by atoms with E-state index in [2.05, 4.69) is 0 Å². The molecule has 1 aromatic carbocycles. The van der Waals surface area contributed by atoms with Crippen molar-refractivity contribution in [2.24, 2.45) is 5.73 Å². The van der Waals surface area contributed by atoms with E-state index >= 15 is 0 Å². The summed E-state index contributed by atoms with van der Waals surface area (Å²) >= 11 is 5.68. The summed E-state index contributed by atoms with van der Waals surface area (Å²) in [4.78, 5) is 13.3. The molecule has 1 aliphatic rings. The third kappa shape index (κ3) is 1.99. The molecule has 4 nitrogen and oxygen atoms in total. The van der Waals surface area contributed by atoms with Crippen molar-refractivity contribution in [1.82, 2.24) is 0 Å². The first kappa shape index (κ1) is 11.2. The van der Waals surface area contributed by atoms with E-state index in [1.807, 2.05) is 18.2 Å². The van der Waals surface area contributed by atoms with Crippen LogP contribution in [0.2, 0.25) is 0 Å². The van der Waals surface area contributed by atoms with Gasteiger partial charge in [0.1, 0.15) is 5.75 Å². The van der Waals surface area contributed by atoms with Gasteiger partial charge in [0.15, 0.2) is 6.61 Å². The zero-order chi connectivity index (χ0) is 11.5. The predicted molar refractivity (Wildman–Crippen MR) is 62.9 cm³/mol. The number of halogens is 1. The van der Waals surface area contributed by atoms with E-state index in [9.17, 15) is 4.79 Å². The zero-order valence-electron chi connectivity index (χ0n) is 8.78. The molecular formula is C11H13ClN2O2. The molecule has 0 aromatic heterocycles. The lowest BCUT2D eigenvalue weighted by atomic mass is 10.1. The van der Waals surface area contributed by atoms with Crippen molar-refractivity contribution >= 4 is 23.2 Å². The van der Waals surface area contributed by atoms with Crippen LogP contribution in [0.3, 0.4) is 0 Å². The number of nitrogens with two attached hydrogens (primary N) is 1. The van der Waals surface area contributed by atoms with Crippen molar-refractivity contribution in [2.75, 3.05) is 23.9 Å². The third-order valence-electron chi connectivity index (χ3n) is 2.51. The fourth-order valence-electron chi connectivity index (χ4n) is 1.70. The second-order valence-electron chi connectivity index (χ2n) is 3.53. The number of ether oxygens (including phenoxy) is 1. The molecule has 0 saturated heterocycles. The standard InChI is InChI=1S/C11H13ClN2O2/c12-3-4-14-9-5-8(6-13)1-2-10(9)16-7-11(14)15/h1-2,5H,3-4,6-7,13H2. The van der Waals surface area contributed by atoms with Crippen LogP contribution in [0.15, 0.2) is 18.2 Å². The third-order valence-corrected chi connectivity index (χ3v) is 2.68. The largest absolute Gasteiger partial charge is 0.482 e. The highest BCUT2D eigenvalue weighted by Crippen LogP contribution is 2.32. The van der Waals surface area contributed by atoms with Gasteiger partial charge in [-0.25, -0.2) is 0 Å². The lowest BCUT2D eigenvalue weighted by Gasteiger charge is -2.29. The summed E-state index contributed by atoms with van der Waals surface area (Å²) in [6, 6.07) is 5.61. The van der Waals surface area contributed by atoms with E-state index in [4.69, 9.17) is 22.1 Å². The van der Waals surface area contributed by atoms with Crippen molar-refractivity contribution in [2.45, 2.75) is 6.54 Å². The SMILES string of the molecule is NCc1ccc2c(c1)N(CCCl)C(=O)CO2. The van der Waals surface area contributed by atoms with Crippen LogP contribution < -0.4 is 15.4 Å². The first-order chi connectivity index (χ1) is 7.76. The summed E-state index contributed by atoms with van der Waals surface area (Å²) in [7, 11) is 0. The topological polar surface area (TPSA) is 55.6 Å². The molecule has 0 atom stereocenters. The number of anilines is 1. The zero-order valence-corrected chi connectivity index (χ0v) is 9.54. The Balaban J connectivity index is 2.39. The number of alkyl halides is 1. The average Bonchev–Trinajstić information content (AvgIpc) is 2.32. The van der Waals surface area contributed by atoms with Gasteiger partial charge in [0, 0.05) is 19.0 Å². The number of nitrogens with zero attached hydrogens (tertiary/aromatic N) is 1. The molecule has 16 heavy (non-hydrogen) atoms. The molecule has 0 aliphatic carbocycles. The summed E-state index contributed by atoms with van der Waals surface area (Å²) in [5.41, 5.74) is 7.30. The Labute approximate surface area is 98.9 Å². The Kier molecular flexibility index (Phi) is 3.31. The van der Waals surface area contributed by atoms with Gasteiger partial charge in [-0.2, -0.15) is 0 Å². The minimum absolute atomic E-state index is 0.0673. The highest BCUT2D eigenvalue weighted by atomic mass is 35.5. The van der Waals surface area contributed by atoms with Crippen molar-refractivity contribution in [3.63, 3.8) is 0 Å². The summed E-state index contributed by atoms with van der Waals surface area (Å²) in [6.45, 7) is 1.01. The first-order valence-corrected chi connectivity index (χ1v) is 5.62. The van der Waals surface area contributed by atoms with Crippen LogP contribution in [0.5, 0.6) is 5.75 Å². The van der Waals surface area contributed by atoms with Crippen LogP contribution in [0.25, 0.3) is 0 Å². The number of carbonyl (C=O) groups is 1. The van der Waals surface area contributed by atoms with Crippen molar-refractivity contribution < 1.29 is 9.53 Å². The Morgan fingerprint density at radius 2 is 2.31 bits per heavy atom. The lowest BCUT2D eigenvalue weighted by Crippen LogP contribution is -2.40. The van der Waals surface area contributed by atoms with Gasteiger partial charge in [-0.1, -0.05) is 6.07 Å². The molecule has 86 valence electrons. The van der Waals surface area contributed by atoms with Gasteiger partial charge in [-0.3, -0.25) is 4.79 Å². The van der Waals surface area contributed by atoms with Crippen LogP contribution in [0.1, 0.15) is 5.56 Å². The second-order valence-corrected chi connectivity index (χ2v) is 3.91. The Morgan fingerprint density at radius 1 is 1.50 bits per heavy atom. The van der Waals surface area contributed by atoms with Crippen LogP contribution >= 0.6 is 11.6 Å². The Morgan fingerprint density at radius 3 is 3.00 bits per heavy atom. The minimum Gasteiger partial charge on any atom is -0.482 e. The Bertz CT molecular complexity index is 409. The minimum atomic E-state index is -0.0673. The molecule has 1 aliphatic heterocycles. The van der Waals surface area contributed by atoms with Crippen LogP contribution in [0.4, 0.5) is 5.69 Å². The lowest BCUT2D eigenvalue weighted by molar-refractivity contribution is -0.121. The summed E-state index contributed by atoms with van der Waals surface area (Å²) < 4.78 is 5.34. The summed E-state index contributed by atoms with van der Waals surface area (Å²) in [5, 5.41) is 0. The predicted octanol–water partition coefficient (Wildman–Crippen LogP) is 1.11. The van der Waals surface area contributed by atoms with Gasteiger partial charge in [-0.15, -0.1) is 11.6 Å². The Hall–Kier alpha value is -1.26. The number of carbonyl (C=O) groups excluding carboxylic acids is 1. The average molecular weight is 241 g/mol. The van der Waals surface area contributed by atoms with Gasteiger partial charge in [0.25, 0.3) is 5.91 Å². The number of hydrogen-bond donors (Lipinski definition) is 1. The highest BCUT2D eigenvalue weighted by molar-refractivity contribution is 6.18. The summed E-state index contributed by atoms with van der Waals surface area (Å²) in [5.74, 6) is 1.04. The van der Waals surface area contributed by atoms with E-state index in [1.165, 1.54) is 0 Å². The molecule has 1 amide bonds. The van der Waals surface area contributed by atoms with Gasteiger partial charge in [0.2, 0.25) is 0 Å². The fraction of sp³-hybridized carbons (Fsp3) is 0.364. The monoisotopic (exact) mass is 240 g/mol. The first-order valence-electron chi connectivity index (χ1n) is 5.08. The summed E-state index contributed by atoms with van der Waals surface area (Å²) in [6.07, 6.45) is 0. The van der Waals surface area contributed by atoms with Gasteiger partial charge < -0.3 is 15.4 Å². The maximum absolute atomic E-state index is 11.7. The maximum Gasteiger partial charge on any atom is 0.265 e. The van der Waals surface area contributed by atoms with E-state index in [0.717, 1.165) is 11.3 Å². The molecule has 0 saturated carbocycles. The van der Waals surface area contributed by atoms with Crippen molar-refractivity contribution in [3.05, 3.63) is 23.8 Å². The molecule has 0 radical (unpaired) electrons. The second kappa shape index (κ2) is 4.72. The van der Waals surface area contributed by atoms with E-state index < -0.39 is 0 Å². The van der Waals surface area contributed by atoms with Crippen molar-refractivity contribution in [3.8, 4) is 5.75 Å². The molecule has 1 aromatic rings. The van der Waals surface area contributed by atoms with Gasteiger partial charge >= 0.3 is 0 Å². The number of fused-ring (bicyclic) bond motifs is 1. The molecule has 2 N–H and O–H groups in total. The molecule has 0 spiro atoms. The van der Waals surface area contributed by atoms with Gasteiger partial charge in [-0.05, 0) is 17.7 Å². The smallest absolute Gasteiger partial charge is 0.265 e. The quantitative estimate of drug-likeness (QED) is 0.806. The van der Waals surface area contributed by atoms with Crippen LogP contribution in [0, 0.1) is 0 Å².